The second-order valence-corrected chi connectivity index (χ2v) is 7.06. The normalized spacial score (nSPS) is 13.7. The number of hydrogen-bond donors (Lipinski definition) is 1. The molecule has 3 amide bonds. The van der Waals surface area contributed by atoms with Crippen LogP contribution in [0.1, 0.15) is 21.5 Å². The number of para-hydroxylation sites is 1. The van der Waals surface area contributed by atoms with Crippen molar-refractivity contribution in [3.63, 3.8) is 0 Å². The van der Waals surface area contributed by atoms with Gasteiger partial charge in [-0.05, 0) is 37.6 Å². The summed E-state index contributed by atoms with van der Waals surface area (Å²) < 4.78 is 5.19. The van der Waals surface area contributed by atoms with Crippen molar-refractivity contribution in [3.05, 3.63) is 65.2 Å². The first-order chi connectivity index (χ1) is 13.9. The number of nitrogens with one attached hydrogen (secondary N) is 1. The average Bonchev–Trinajstić information content (AvgIpc) is 2.72. The van der Waals surface area contributed by atoms with E-state index in [-0.39, 0.29) is 18.5 Å². The van der Waals surface area contributed by atoms with Crippen LogP contribution in [-0.4, -0.2) is 60.5 Å². The molecule has 0 spiro atoms. The van der Waals surface area contributed by atoms with Gasteiger partial charge in [0.25, 0.3) is 5.91 Å². The van der Waals surface area contributed by atoms with Gasteiger partial charge in [-0.3, -0.25) is 4.79 Å². The van der Waals surface area contributed by atoms with Crippen LogP contribution in [-0.2, 0) is 9.53 Å². The molecule has 0 radical (unpaired) electrons. The van der Waals surface area contributed by atoms with Gasteiger partial charge in [0.15, 0.2) is 6.61 Å². The molecule has 1 heterocycles. The summed E-state index contributed by atoms with van der Waals surface area (Å²) in [5, 5.41) is 2.84. The Morgan fingerprint density at radius 2 is 1.59 bits per heavy atom. The molecule has 7 heteroatoms. The fraction of sp³-hybridized carbons (Fsp3) is 0.318. The SMILES string of the molecule is Cc1ccc(C(=O)OCC(=O)N2CCN(C(=O)Nc3ccccc3)CC2)c(C)c1. The van der Waals surface area contributed by atoms with Gasteiger partial charge in [0.2, 0.25) is 0 Å². The molecule has 0 saturated carbocycles. The van der Waals surface area contributed by atoms with Gasteiger partial charge in [-0.15, -0.1) is 0 Å². The third kappa shape index (κ3) is 5.34. The molecule has 1 saturated heterocycles. The summed E-state index contributed by atoms with van der Waals surface area (Å²) in [6, 6.07) is 14.5. The molecule has 7 nitrogen and oxygen atoms in total. The Balaban J connectivity index is 1.45. The quantitative estimate of drug-likeness (QED) is 0.808. The van der Waals surface area contributed by atoms with Crippen molar-refractivity contribution in [2.24, 2.45) is 0 Å². The highest BCUT2D eigenvalue weighted by molar-refractivity contribution is 5.93. The van der Waals surface area contributed by atoms with Crippen molar-refractivity contribution in [2.45, 2.75) is 13.8 Å². The minimum Gasteiger partial charge on any atom is -0.452 e. The molecule has 0 unspecified atom stereocenters. The summed E-state index contributed by atoms with van der Waals surface area (Å²) in [5.41, 5.74) is 3.07. The maximum Gasteiger partial charge on any atom is 0.338 e. The second-order valence-electron chi connectivity index (χ2n) is 7.06. The van der Waals surface area contributed by atoms with Crippen LogP contribution in [0.2, 0.25) is 0 Å². The first-order valence-electron chi connectivity index (χ1n) is 9.57. The van der Waals surface area contributed by atoms with E-state index in [1.54, 1.807) is 15.9 Å². The Morgan fingerprint density at radius 1 is 0.931 bits per heavy atom. The molecule has 2 aromatic carbocycles. The van der Waals surface area contributed by atoms with E-state index in [1.807, 2.05) is 56.3 Å². The van der Waals surface area contributed by atoms with Gasteiger partial charge in [-0.25, -0.2) is 9.59 Å². The smallest absolute Gasteiger partial charge is 0.338 e. The molecule has 0 atom stereocenters. The van der Waals surface area contributed by atoms with Gasteiger partial charge in [-0.2, -0.15) is 0 Å². The number of ether oxygens (including phenoxy) is 1. The van der Waals surface area contributed by atoms with Gasteiger partial charge in [0, 0.05) is 31.9 Å². The Bertz CT molecular complexity index is 890. The third-order valence-electron chi connectivity index (χ3n) is 4.87. The number of carbonyl (C=O) groups is 3. The van der Waals surface area contributed by atoms with Crippen molar-refractivity contribution >= 4 is 23.6 Å². The molecule has 0 aliphatic carbocycles. The highest BCUT2D eigenvalue weighted by Crippen LogP contribution is 2.13. The van der Waals surface area contributed by atoms with Crippen molar-refractivity contribution in [3.8, 4) is 0 Å². The van der Waals surface area contributed by atoms with Gasteiger partial charge in [0.05, 0.1) is 5.56 Å². The number of hydrogen-bond acceptors (Lipinski definition) is 4. The topological polar surface area (TPSA) is 79.0 Å². The zero-order chi connectivity index (χ0) is 20.8. The van der Waals surface area contributed by atoms with E-state index in [0.717, 1.165) is 16.8 Å². The first kappa shape index (κ1) is 20.4. The van der Waals surface area contributed by atoms with E-state index in [0.29, 0.717) is 31.7 Å². The molecule has 1 N–H and O–H groups in total. The van der Waals surface area contributed by atoms with E-state index in [2.05, 4.69) is 5.32 Å². The standard InChI is InChI=1S/C22H25N3O4/c1-16-8-9-19(17(2)14-16)21(27)29-15-20(26)24-10-12-25(13-11-24)22(28)23-18-6-4-3-5-7-18/h3-9,14H,10-13,15H2,1-2H3,(H,23,28). The number of esters is 1. The predicted octanol–water partition coefficient (Wildman–Crippen LogP) is 2.84. The molecule has 0 bridgehead atoms. The first-order valence-corrected chi connectivity index (χ1v) is 9.57. The van der Waals surface area contributed by atoms with Crippen LogP contribution in [0.4, 0.5) is 10.5 Å². The van der Waals surface area contributed by atoms with Gasteiger partial charge < -0.3 is 19.9 Å². The maximum absolute atomic E-state index is 12.4. The molecule has 152 valence electrons. The van der Waals surface area contributed by atoms with Crippen LogP contribution in [0, 0.1) is 13.8 Å². The number of nitrogens with zero attached hydrogens (tertiary/aromatic N) is 2. The molecule has 3 rings (SSSR count). The van der Waals surface area contributed by atoms with Crippen LogP contribution in [0.25, 0.3) is 0 Å². The predicted molar refractivity (Wildman–Crippen MR) is 110 cm³/mol. The molecule has 1 aliphatic rings. The fourth-order valence-electron chi connectivity index (χ4n) is 3.22. The monoisotopic (exact) mass is 395 g/mol. The fourth-order valence-corrected chi connectivity index (χ4v) is 3.22. The molecule has 29 heavy (non-hydrogen) atoms. The summed E-state index contributed by atoms with van der Waals surface area (Å²) in [5.74, 6) is -0.761. The molecule has 1 fully saturated rings. The number of amides is 3. The summed E-state index contributed by atoms with van der Waals surface area (Å²) in [7, 11) is 0. The van der Waals surface area contributed by atoms with Crippen LogP contribution in [0.3, 0.4) is 0 Å². The number of aryl methyl sites for hydroxylation is 2. The van der Waals surface area contributed by atoms with E-state index < -0.39 is 5.97 Å². The van der Waals surface area contributed by atoms with E-state index in [1.165, 1.54) is 0 Å². The van der Waals surface area contributed by atoms with Crippen molar-refractivity contribution in [2.75, 3.05) is 38.1 Å². The van der Waals surface area contributed by atoms with E-state index in [9.17, 15) is 14.4 Å². The highest BCUT2D eigenvalue weighted by Gasteiger charge is 2.25. The maximum atomic E-state index is 12.4. The molecular formula is C22H25N3O4. The third-order valence-corrected chi connectivity index (χ3v) is 4.87. The largest absolute Gasteiger partial charge is 0.452 e. The molecular weight excluding hydrogens is 370 g/mol. The van der Waals surface area contributed by atoms with Gasteiger partial charge in [0.1, 0.15) is 0 Å². The van der Waals surface area contributed by atoms with Crippen molar-refractivity contribution in [1.82, 2.24) is 9.80 Å². The number of benzene rings is 2. The van der Waals surface area contributed by atoms with Crippen LogP contribution >= 0.6 is 0 Å². The lowest BCUT2D eigenvalue weighted by Gasteiger charge is -2.34. The van der Waals surface area contributed by atoms with Crippen LogP contribution in [0.15, 0.2) is 48.5 Å². The summed E-state index contributed by atoms with van der Waals surface area (Å²) in [6.07, 6.45) is 0. The van der Waals surface area contributed by atoms with E-state index in [4.69, 9.17) is 4.74 Å². The number of urea groups is 1. The minimum atomic E-state index is -0.503. The Morgan fingerprint density at radius 3 is 2.24 bits per heavy atom. The molecule has 2 aromatic rings. The molecule has 1 aliphatic heterocycles. The number of rotatable bonds is 4. The Kier molecular flexibility index (Phi) is 6.49. The van der Waals surface area contributed by atoms with Crippen molar-refractivity contribution < 1.29 is 19.1 Å². The number of piperazine rings is 1. The highest BCUT2D eigenvalue weighted by atomic mass is 16.5. The Hall–Kier alpha value is -3.35. The lowest BCUT2D eigenvalue weighted by molar-refractivity contribution is -0.135. The average molecular weight is 395 g/mol. The van der Waals surface area contributed by atoms with Crippen LogP contribution < -0.4 is 5.32 Å². The zero-order valence-electron chi connectivity index (χ0n) is 16.7. The second kappa shape index (κ2) is 9.23. The molecule has 0 aromatic heterocycles. The Labute approximate surface area is 170 Å². The minimum absolute atomic E-state index is 0.190. The lowest BCUT2D eigenvalue weighted by atomic mass is 10.1. The van der Waals surface area contributed by atoms with Crippen molar-refractivity contribution in [1.29, 1.82) is 0 Å². The van der Waals surface area contributed by atoms with Crippen LogP contribution in [0.5, 0.6) is 0 Å². The number of anilines is 1. The van der Waals surface area contributed by atoms with E-state index >= 15 is 0 Å². The summed E-state index contributed by atoms with van der Waals surface area (Å²) in [6.45, 7) is 5.15. The summed E-state index contributed by atoms with van der Waals surface area (Å²) in [4.78, 5) is 40.2. The number of carbonyl (C=O) groups excluding carboxylic acids is 3. The lowest BCUT2D eigenvalue weighted by Crippen LogP contribution is -2.52. The van der Waals surface area contributed by atoms with Gasteiger partial charge in [-0.1, -0.05) is 35.9 Å². The summed E-state index contributed by atoms with van der Waals surface area (Å²) >= 11 is 0. The zero-order valence-corrected chi connectivity index (χ0v) is 16.7. The van der Waals surface area contributed by atoms with Gasteiger partial charge >= 0.3 is 12.0 Å².